The van der Waals surface area contributed by atoms with Crippen LogP contribution in [-0.2, 0) is 0 Å². The van der Waals surface area contributed by atoms with Crippen LogP contribution in [0.15, 0.2) is 52.8 Å². The lowest BCUT2D eigenvalue weighted by Gasteiger charge is -2.08. The average Bonchev–Trinajstić information content (AvgIpc) is 2.99. The van der Waals surface area contributed by atoms with Crippen molar-refractivity contribution in [2.45, 2.75) is 13.8 Å². The van der Waals surface area contributed by atoms with Gasteiger partial charge in [-0.15, -0.1) is 10.2 Å². The Morgan fingerprint density at radius 3 is 2.62 bits per heavy atom. The van der Waals surface area contributed by atoms with Crippen molar-refractivity contribution in [1.82, 2.24) is 9.38 Å². The third-order valence-corrected chi connectivity index (χ3v) is 3.49. The quantitative estimate of drug-likeness (QED) is 0.645. The number of carboxylic acids is 1. The number of hydrogen-bond donors (Lipinski definition) is 2. The van der Waals surface area contributed by atoms with Crippen LogP contribution < -0.4 is 4.74 Å². The van der Waals surface area contributed by atoms with Gasteiger partial charge in [0.25, 0.3) is 0 Å². The van der Waals surface area contributed by atoms with Crippen molar-refractivity contribution in [2.24, 2.45) is 16.1 Å². The number of benzene rings is 1. The van der Waals surface area contributed by atoms with Gasteiger partial charge in [0.15, 0.2) is 22.9 Å². The Hall–Kier alpha value is -3.42. The lowest BCUT2D eigenvalue weighted by molar-refractivity contribution is 0.0692. The van der Waals surface area contributed by atoms with E-state index in [0.717, 1.165) is 5.75 Å². The largest absolute Gasteiger partial charge is 0.504 e. The molecule has 0 spiro atoms. The van der Waals surface area contributed by atoms with Crippen LogP contribution in [0.2, 0.25) is 0 Å². The first-order chi connectivity index (χ1) is 12.5. The smallest absolute Gasteiger partial charge is 0.358 e. The molecule has 0 aliphatic rings. The van der Waals surface area contributed by atoms with Gasteiger partial charge in [-0.2, -0.15) is 0 Å². The van der Waals surface area contributed by atoms with Crippen LogP contribution in [0, 0.1) is 5.92 Å². The predicted molar refractivity (Wildman–Crippen MR) is 94.8 cm³/mol. The van der Waals surface area contributed by atoms with E-state index in [9.17, 15) is 15.0 Å². The molecule has 0 atom stereocenters. The van der Waals surface area contributed by atoms with Crippen molar-refractivity contribution < 1.29 is 19.7 Å². The number of rotatable bonds is 6. The summed E-state index contributed by atoms with van der Waals surface area (Å²) in [5.74, 6) is -0.204. The molecule has 0 amide bonds. The van der Waals surface area contributed by atoms with E-state index >= 15 is 0 Å². The molecule has 8 heteroatoms. The number of carbonyl (C=O) groups is 1. The van der Waals surface area contributed by atoms with Gasteiger partial charge in [-0.3, -0.25) is 4.40 Å². The molecule has 2 aromatic heterocycles. The number of imidazole rings is 1. The summed E-state index contributed by atoms with van der Waals surface area (Å²) in [6.45, 7) is 4.75. The van der Waals surface area contributed by atoms with Crippen molar-refractivity contribution in [1.29, 1.82) is 0 Å². The van der Waals surface area contributed by atoms with Crippen molar-refractivity contribution in [2.75, 3.05) is 6.61 Å². The van der Waals surface area contributed by atoms with Crippen molar-refractivity contribution in [3.63, 3.8) is 0 Å². The molecule has 0 saturated heterocycles. The van der Waals surface area contributed by atoms with Gasteiger partial charge in [-0.1, -0.05) is 13.8 Å². The number of ether oxygens (including phenoxy) is 1. The number of nitrogens with zero attached hydrogens (tertiary/aromatic N) is 4. The van der Waals surface area contributed by atoms with Gasteiger partial charge in [0.05, 0.1) is 12.3 Å². The van der Waals surface area contributed by atoms with Gasteiger partial charge >= 0.3 is 5.97 Å². The van der Waals surface area contributed by atoms with E-state index in [1.165, 1.54) is 10.5 Å². The highest BCUT2D eigenvalue weighted by atomic mass is 16.5. The summed E-state index contributed by atoms with van der Waals surface area (Å²) in [5.41, 5.74) is 0.358. The highest BCUT2D eigenvalue weighted by Gasteiger charge is 2.19. The Bertz CT molecular complexity index is 961. The molecule has 8 nitrogen and oxygen atoms in total. The zero-order valence-electron chi connectivity index (χ0n) is 14.3. The van der Waals surface area contributed by atoms with E-state index in [0.29, 0.717) is 18.2 Å². The molecule has 3 aromatic rings. The molecule has 26 heavy (non-hydrogen) atoms. The minimum Gasteiger partial charge on any atom is -0.504 e. The molecule has 0 aliphatic heterocycles. The van der Waals surface area contributed by atoms with Crippen LogP contribution in [-0.4, -0.2) is 32.2 Å². The highest BCUT2D eigenvalue weighted by Crippen LogP contribution is 2.28. The Labute approximate surface area is 149 Å². The number of aromatic hydroxyl groups is 1. The molecule has 0 unspecified atom stereocenters. The standard InChI is InChI=1S/C18H18N4O4/c1-11(2)10-26-13-7-5-12(6-8-13)20-21-17-15(18(24)25)19-16-14(23)4-3-9-22(16)17/h3-9,11,23H,10H2,1-2H3,(H,24,25). The van der Waals surface area contributed by atoms with Gasteiger partial charge < -0.3 is 14.9 Å². The summed E-state index contributed by atoms with van der Waals surface area (Å²) in [5, 5.41) is 27.2. The summed E-state index contributed by atoms with van der Waals surface area (Å²) in [7, 11) is 0. The monoisotopic (exact) mass is 354 g/mol. The fourth-order valence-electron chi connectivity index (χ4n) is 2.26. The Morgan fingerprint density at radius 2 is 1.96 bits per heavy atom. The van der Waals surface area contributed by atoms with Crippen LogP contribution in [0.5, 0.6) is 11.5 Å². The van der Waals surface area contributed by atoms with E-state index in [-0.39, 0.29) is 22.9 Å². The second-order valence-electron chi connectivity index (χ2n) is 6.07. The third kappa shape index (κ3) is 3.64. The number of azo groups is 1. The van der Waals surface area contributed by atoms with Crippen molar-refractivity contribution >= 4 is 23.1 Å². The average molecular weight is 354 g/mol. The minimum atomic E-state index is -1.25. The molecule has 0 saturated carbocycles. The first-order valence-corrected chi connectivity index (χ1v) is 8.03. The molecule has 0 fully saturated rings. The first kappa shape index (κ1) is 17.4. The van der Waals surface area contributed by atoms with E-state index in [2.05, 4.69) is 29.1 Å². The summed E-state index contributed by atoms with van der Waals surface area (Å²) in [6.07, 6.45) is 1.56. The van der Waals surface area contributed by atoms with Crippen molar-refractivity contribution in [3.8, 4) is 11.5 Å². The third-order valence-electron chi connectivity index (χ3n) is 3.49. The Kier molecular flexibility index (Phi) is 4.83. The molecule has 0 radical (unpaired) electrons. The second-order valence-corrected chi connectivity index (χ2v) is 6.07. The highest BCUT2D eigenvalue weighted by molar-refractivity contribution is 5.92. The van der Waals surface area contributed by atoms with Gasteiger partial charge in [0, 0.05) is 6.20 Å². The van der Waals surface area contributed by atoms with E-state index < -0.39 is 5.97 Å². The molecule has 0 aliphatic carbocycles. The number of hydrogen-bond acceptors (Lipinski definition) is 6. The fraction of sp³-hybridized carbons (Fsp3) is 0.222. The molecular formula is C18H18N4O4. The van der Waals surface area contributed by atoms with E-state index in [4.69, 9.17) is 4.74 Å². The van der Waals surface area contributed by atoms with Gasteiger partial charge in [0.1, 0.15) is 5.75 Å². The maximum Gasteiger partial charge on any atom is 0.358 e. The molecule has 134 valence electrons. The van der Waals surface area contributed by atoms with Gasteiger partial charge in [0.2, 0.25) is 0 Å². The number of carboxylic acid groups (broad SMARTS) is 1. The van der Waals surface area contributed by atoms with Crippen LogP contribution >= 0.6 is 0 Å². The summed E-state index contributed by atoms with van der Waals surface area (Å²) >= 11 is 0. The number of aromatic carboxylic acids is 1. The SMILES string of the molecule is CC(C)COc1ccc(N=Nc2c(C(=O)O)nc3c(O)cccn23)cc1. The fourth-order valence-corrected chi connectivity index (χ4v) is 2.26. The normalized spacial score (nSPS) is 11.5. The second kappa shape index (κ2) is 7.22. The zero-order valence-corrected chi connectivity index (χ0v) is 14.3. The lowest BCUT2D eigenvalue weighted by atomic mass is 10.2. The molecule has 1 aromatic carbocycles. The Morgan fingerprint density at radius 1 is 1.23 bits per heavy atom. The first-order valence-electron chi connectivity index (χ1n) is 8.03. The van der Waals surface area contributed by atoms with Crippen LogP contribution in [0.1, 0.15) is 24.3 Å². The van der Waals surface area contributed by atoms with Gasteiger partial charge in [-0.25, -0.2) is 9.78 Å². The van der Waals surface area contributed by atoms with E-state index in [1.54, 1.807) is 36.5 Å². The topological polar surface area (TPSA) is 109 Å². The number of aromatic nitrogens is 2. The van der Waals surface area contributed by atoms with E-state index in [1.807, 2.05) is 0 Å². The molecule has 2 heterocycles. The lowest BCUT2D eigenvalue weighted by Crippen LogP contribution is -2.03. The van der Waals surface area contributed by atoms with Crippen LogP contribution in [0.4, 0.5) is 11.5 Å². The molecule has 0 bridgehead atoms. The molecule has 3 rings (SSSR count). The minimum absolute atomic E-state index is 0.0311. The number of pyridine rings is 1. The summed E-state index contributed by atoms with van der Waals surface area (Å²) < 4.78 is 6.98. The van der Waals surface area contributed by atoms with Crippen LogP contribution in [0.25, 0.3) is 5.65 Å². The predicted octanol–water partition coefficient (Wildman–Crippen LogP) is 4.19. The zero-order chi connectivity index (χ0) is 18.7. The van der Waals surface area contributed by atoms with Crippen LogP contribution in [0.3, 0.4) is 0 Å². The molecular weight excluding hydrogens is 336 g/mol. The summed E-state index contributed by atoms with van der Waals surface area (Å²) in [4.78, 5) is 15.3. The maximum absolute atomic E-state index is 11.4. The Balaban J connectivity index is 1.89. The maximum atomic E-state index is 11.4. The van der Waals surface area contributed by atoms with Crippen molar-refractivity contribution in [3.05, 3.63) is 48.3 Å². The summed E-state index contributed by atoms with van der Waals surface area (Å²) in [6, 6.07) is 9.98. The van der Waals surface area contributed by atoms with Gasteiger partial charge in [-0.05, 0) is 42.3 Å². The molecule has 2 N–H and O–H groups in total. The number of fused-ring (bicyclic) bond motifs is 1.